The van der Waals surface area contributed by atoms with E-state index in [4.69, 9.17) is 21.8 Å². The van der Waals surface area contributed by atoms with Crippen molar-refractivity contribution in [2.24, 2.45) is 5.73 Å². The van der Waals surface area contributed by atoms with E-state index in [1.165, 1.54) is 0 Å². The second-order valence-electron chi connectivity index (χ2n) is 5.45. The van der Waals surface area contributed by atoms with E-state index in [-0.39, 0.29) is 12.3 Å². The zero-order valence-electron chi connectivity index (χ0n) is 13.4. The van der Waals surface area contributed by atoms with Crippen molar-refractivity contribution in [3.63, 3.8) is 0 Å². The van der Waals surface area contributed by atoms with Gasteiger partial charge in [0.05, 0.1) is 12.8 Å². The van der Waals surface area contributed by atoms with Gasteiger partial charge in [0, 0.05) is 23.6 Å². The predicted molar refractivity (Wildman–Crippen MR) is 96.4 cm³/mol. The molecule has 3 aromatic rings. The van der Waals surface area contributed by atoms with Crippen molar-refractivity contribution in [3.8, 4) is 0 Å². The molecule has 1 aromatic carbocycles. The summed E-state index contributed by atoms with van der Waals surface area (Å²) in [6.07, 6.45) is 2.30. The highest BCUT2D eigenvalue weighted by Crippen LogP contribution is 2.24. The lowest BCUT2D eigenvalue weighted by molar-refractivity contribution is -0.118. The maximum absolute atomic E-state index is 11.1. The number of nitrogens with two attached hydrogens (primary N) is 1. The number of hydrogen-bond donors (Lipinski definition) is 1. The third kappa shape index (κ3) is 4.87. The first-order chi connectivity index (χ1) is 12.1. The first-order valence-electron chi connectivity index (χ1n) is 7.72. The van der Waals surface area contributed by atoms with Gasteiger partial charge in [-0.1, -0.05) is 35.5 Å². The average Bonchev–Trinajstić information content (AvgIpc) is 3.22. The quantitative estimate of drug-likeness (QED) is 0.609. The highest BCUT2D eigenvalue weighted by Gasteiger charge is 2.15. The molecular weight excluding hydrogens is 360 g/mol. The van der Waals surface area contributed by atoms with Crippen molar-refractivity contribution >= 4 is 29.3 Å². The van der Waals surface area contributed by atoms with Gasteiger partial charge in [-0.2, -0.15) is 0 Å². The van der Waals surface area contributed by atoms with Crippen molar-refractivity contribution in [3.05, 3.63) is 64.8 Å². The number of furan rings is 1. The summed E-state index contributed by atoms with van der Waals surface area (Å²) in [6.45, 7) is 0.506. The van der Waals surface area contributed by atoms with Crippen LogP contribution in [0.4, 0.5) is 0 Å². The Labute approximate surface area is 154 Å². The zero-order chi connectivity index (χ0) is 17.6. The molecule has 130 valence electrons. The molecule has 25 heavy (non-hydrogen) atoms. The summed E-state index contributed by atoms with van der Waals surface area (Å²) in [5.41, 5.74) is 6.35. The number of primary amides is 1. The second-order valence-corrected chi connectivity index (χ2v) is 6.83. The molecule has 0 aliphatic carbocycles. The number of carbonyl (C=O) groups excluding carboxylic acids is 1. The summed E-state index contributed by atoms with van der Waals surface area (Å²) < 4.78 is 7.38. The smallest absolute Gasteiger partial charge is 0.217 e. The maximum Gasteiger partial charge on any atom is 0.217 e. The summed E-state index contributed by atoms with van der Waals surface area (Å²) in [5, 5.41) is 9.94. The van der Waals surface area contributed by atoms with Crippen LogP contribution >= 0.6 is 23.4 Å². The van der Waals surface area contributed by atoms with E-state index in [0.717, 1.165) is 16.5 Å². The molecule has 6 nitrogen and oxygen atoms in total. The van der Waals surface area contributed by atoms with E-state index in [0.29, 0.717) is 29.6 Å². The molecule has 0 spiro atoms. The standard InChI is InChI=1S/C17H17ClN4O2S/c18-13-4-1-3-12(9-13)11-25-17-21-20-16(7-6-15(19)23)22(17)10-14-5-2-8-24-14/h1-5,8-9H,6-7,10-11H2,(H2,19,23). The first kappa shape index (κ1) is 17.6. The number of carbonyl (C=O) groups is 1. The van der Waals surface area contributed by atoms with Crippen molar-refractivity contribution in [1.29, 1.82) is 0 Å². The number of halogens is 1. The lowest BCUT2D eigenvalue weighted by Gasteiger charge is -2.08. The third-order valence-electron chi connectivity index (χ3n) is 3.54. The van der Waals surface area contributed by atoms with Gasteiger partial charge in [0.15, 0.2) is 5.16 Å². The number of thioether (sulfide) groups is 1. The van der Waals surface area contributed by atoms with Crippen molar-refractivity contribution in [2.75, 3.05) is 0 Å². The van der Waals surface area contributed by atoms with E-state index < -0.39 is 0 Å². The number of benzene rings is 1. The largest absolute Gasteiger partial charge is 0.467 e. The number of aryl methyl sites for hydroxylation is 1. The lowest BCUT2D eigenvalue weighted by Crippen LogP contribution is -2.14. The molecule has 0 aliphatic rings. The molecule has 0 saturated heterocycles. The van der Waals surface area contributed by atoms with E-state index in [1.54, 1.807) is 18.0 Å². The highest BCUT2D eigenvalue weighted by molar-refractivity contribution is 7.98. The Morgan fingerprint density at radius 3 is 2.88 bits per heavy atom. The maximum atomic E-state index is 11.1. The minimum Gasteiger partial charge on any atom is -0.467 e. The minimum atomic E-state index is -0.360. The third-order valence-corrected chi connectivity index (χ3v) is 4.81. The Bertz CT molecular complexity index is 848. The van der Waals surface area contributed by atoms with Crippen LogP contribution in [0.1, 0.15) is 23.6 Å². The Kier molecular flexibility index (Phi) is 5.78. The van der Waals surface area contributed by atoms with Gasteiger partial charge in [-0.05, 0) is 29.8 Å². The molecule has 0 bridgehead atoms. The Hall–Kier alpha value is -2.25. The van der Waals surface area contributed by atoms with Crippen LogP contribution in [-0.4, -0.2) is 20.7 Å². The fourth-order valence-corrected chi connectivity index (χ4v) is 3.45. The SMILES string of the molecule is NC(=O)CCc1nnc(SCc2cccc(Cl)c2)n1Cc1ccco1. The van der Waals surface area contributed by atoms with Crippen molar-refractivity contribution in [2.45, 2.75) is 30.3 Å². The summed E-state index contributed by atoms with van der Waals surface area (Å²) in [4.78, 5) is 11.1. The highest BCUT2D eigenvalue weighted by atomic mass is 35.5. The molecule has 0 fully saturated rings. The molecule has 2 heterocycles. The van der Waals surface area contributed by atoms with Crippen LogP contribution in [0.3, 0.4) is 0 Å². The Balaban J connectivity index is 1.78. The van der Waals surface area contributed by atoms with Gasteiger partial charge in [0.1, 0.15) is 11.6 Å². The van der Waals surface area contributed by atoms with Gasteiger partial charge in [-0.25, -0.2) is 0 Å². The van der Waals surface area contributed by atoms with Crippen LogP contribution in [-0.2, 0) is 23.5 Å². The van der Waals surface area contributed by atoms with Crippen LogP contribution in [0.25, 0.3) is 0 Å². The molecule has 0 saturated carbocycles. The van der Waals surface area contributed by atoms with Gasteiger partial charge in [-0.15, -0.1) is 10.2 Å². The van der Waals surface area contributed by atoms with Crippen molar-refractivity contribution in [1.82, 2.24) is 14.8 Å². The number of hydrogen-bond acceptors (Lipinski definition) is 5. The number of rotatable bonds is 8. The average molecular weight is 377 g/mol. The Morgan fingerprint density at radius 1 is 1.28 bits per heavy atom. The monoisotopic (exact) mass is 376 g/mol. The van der Waals surface area contributed by atoms with E-state index in [9.17, 15) is 4.79 Å². The summed E-state index contributed by atoms with van der Waals surface area (Å²) in [7, 11) is 0. The Morgan fingerprint density at radius 2 is 2.16 bits per heavy atom. The molecule has 3 rings (SSSR count). The zero-order valence-corrected chi connectivity index (χ0v) is 15.0. The fourth-order valence-electron chi connectivity index (χ4n) is 2.34. The van der Waals surface area contributed by atoms with Crippen LogP contribution in [0.15, 0.2) is 52.2 Å². The van der Waals surface area contributed by atoms with Gasteiger partial charge >= 0.3 is 0 Å². The van der Waals surface area contributed by atoms with E-state index >= 15 is 0 Å². The van der Waals surface area contributed by atoms with E-state index in [1.807, 2.05) is 41.0 Å². The fraction of sp³-hybridized carbons (Fsp3) is 0.235. The van der Waals surface area contributed by atoms with Crippen LogP contribution in [0.5, 0.6) is 0 Å². The summed E-state index contributed by atoms with van der Waals surface area (Å²) in [5.74, 6) is 1.86. The molecule has 0 unspecified atom stereocenters. The molecular formula is C17H17ClN4O2S. The van der Waals surface area contributed by atoms with Crippen molar-refractivity contribution < 1.29 is 9.21 Å². The number of aromatic nitrogens is 3. The van der Waals surface area contributed by atoms with Crippen LogP contribution in [0.2, 0.25) is 5.02 Å². The molecule has 2 N–H and O–H groups in total. The lowest BCUT2D eigenvalue weighted by atomic mass is 10.2. The molecule has 8 heteroatoms. The minimum absolute atomic E-state index is 0.231. The second kappa shape index (κ2) is 8.22. The van der Waals surface area contributed by atoms with Gasteiger partial charge in [-0.3, -0.25) is 9.36 Å². The predicted octanol–water partition coefficient (Wildman–Crippen LogP) is 3.28. The number of amides is 1. The molecule has 1 amide bonds. The van der Waals surface area contributed by atoms with Gasteiger partial charge in [0.25, 0.3) is 0 Å². The van der Waals surface area contributed by atoms with Gasteiger partial charge < -0.3 is 10.2 Å². The molecule has 0 atom stereocenters. The van der Waals surface area contributed by atoms with Crippen LogP contribution < -0.4 is 5.73 Å². The molecule has 0 aliphatic heterocycles. The topological polar surface area (TPSA) is 86.9 Å². The first-order valence-corrected chi connectivity index (χ1v) is 9.08. The summed E-state index contributed by atoms with van der Waals surface area (Å²) >= 11 is 7.59. The van der Waals surface area contributed by atoms with Gasteiger partial charge in [0.2, 0.25) is 5.91 Å². The van der Waals surface area contributed by atoms with Crippen LogP contribution in [0, 0.1) is 0 Å². The molecule has 2 aromatic heterocycles. The molecule has 0 radical (unpaired) electrons. The normalized spacial score (nSPS) is 10.9. The number of nitrogens with zero attached hydrogens (tertiary/aromatic N) is 3. The summed E-state index contributed by atoms with van der Waals surface area (Å²) in [6, 6.07) is 11.4. The van der Waals surface area contributed by atoms with E-state index in [2.05, 4.69) is 10.2 Å².